The second kappa shape index (κ2) is 8.09. The fourth-order valence-electron chi connectivity index (χ4n) is 2.05. The van der Waals surface area contributed by atoms with Crippen molar-refractivity contribution >= 4 is 51.5 Å². The third-order valence-electron chi connectivity index (χ3n) is 3.10. The molecule has 0 saturated carbocycles. The summed E-state index contributed by atoms with van der Waals surface area (Å²) in [5.74, 6) is -1.67. The molecule has 25 heavy (non-hydrogen) atoms. The summed E-state index contributed by atoms with van der Waals surface area (Å²) in [5.41, 5.74) is 5.91. The molecule has 0 aliphatic heterocycles. The molecular formula is C17H18N2O4S2. The van der Waals surface area contributed by atoms with Crippen LogP contribution in [0.1, 0.15) is 44.3 Å². The molecule has 0 aliphatic rings. The van der Waals surface area contributed by atoms with Gasteiger partial charge in [-0.15, -0.1) is 22.7 Å². The highest BCUT2D eigenvalue weighted by Crippen LogP contribution is 2.33. The summed E-state index contributed by atoms with van der Waals surface area (Å²) in [7, 11) is 0. The number of nitrogens with one attached hydrogen (secondary N) is 1. The minimum Gasteiger partial charge on any atom is -0.459 e. The van der Waals surface area contributed by atoms with Gasteiger partial charge in [-0.3, -0.25) is 9.59 Å². The Balaban J connectivity index is 2.29. The number of amides is 2. The average molecular weight is 378 g/mol. The molecule has 0 aliphatic carbocycles. The van der Waals surface area contributed by atoms with Crippen LogP contribution in [0.2, 0.25) is 0 Å². The molecule has 0 atom stereocenters. The molecule has 0 aromatic carbocycles. The van der Waals surface area contributed by atoms with Gasteiger partial charge in [0.1, 0.15) is 5.00 Å². The Kier molecular flexibility index (Phi) is 6.11. The first-order valence-corrected chi connectivity index (χ1v) is 9.16. The van der Waals surface area contributed by atoms with Gasteiger partial charge in [0.25, 0.3) is 5.91 Å². The zero-order valence-corrected chi connectivity index (χ0v) is 15.6. The molecule has 2 amide bonds. The zero-order chi connectivity index (χ0) is 18.6. The monoisotopic (exact) mass is 378 g/mol. The molecule has 0 radical (unpaired) electrons. The van der Waals surface area contributed by atoms with Gasteiger partial charge in [-0.05, 0) is 43.9 Å². The highest BCUT2D eigenvalue weighted by atomic mass is 32.1. The van der Waals surface area contributed by atoms with E-state index < -0.39 is 17.8 Å². The number of hydrogen-bond acceptors (Lipinski definition) is 6. The molecule has 6 nitrogen and oxygen atoms in total. The highest BCUT2D eigenvalue weighted by molar-refractivity contribution is 7.18. The molecular weight excluding hydrogens is 360 g/mol. The van der Waals surface area contributed by atoms with E-state index in [1.54, 1.807) is 26.8 Å². The number of rotatable bonds is 6. The van der Waals surface area contributed by atoms with Gasteiger partial charge >= 0.3 is 5.97 Å². The molecule has 0 bridgehead atoms. The normalized spacial score (nSPS) is 11.0. The lowest BCUT2D eigenvalue weighted by molar-refractivity contribution is -0.111. The maximum absolute atomic E-state index is 12.3. The summed E-state index contributed by atoms with van der Waals surface area (Å²) in [6.45, 7) is 5.04. The lowest BCUT2D eigenvalue weighted by atomic mass is 10.1. The van der Waals surface area contributed by atoms with E-state index in [9.17, 15) is 14.4 Å². The molecule has 8 heteroatoms. The van der Waals surface area contributed by atoms with Crippen molar-refractivity contribution in [1.29, 1.82) is 0 Å². The van der Waals surface area contributed by atoms with Crippen LogP contribution in [0.15, 0.2) is 23.6 Å². The van der Waals surface area contributed by atoms with Crippen LogP contribution >= 0.6 is 22.7 Å². The Morgan fingerprint density at radius 1 is 1.32 bits per heavy atom. The molecule has 3 N–H and O–H groups in total. The Bertz CT molecular complexity index is 820. The number of thiophene rings is 2. The van der Waals surface area contributed by atoms with Crippen LogP contribution in [0.5, 0.6) is 0 Å². The topological polar surface area (TPSA) is 98.5 Å². The standard InChI is InChI=1S/C17H18N2O4S2/c1-9(2)23-17(22)13-10(3)14(15(18)21)25-16(13)19-12(20)7-6-11-5-4-8-24-11/h4-9H,1-3H3,(H2,18,21)(H,19,20)/b7-6-. The molecule has 2 aromatic rings. The van der Waals surface area contributed by atoms with Crippen LogP contribution < -0.4 is 11.1 Å². The Hall–Kier alpha value is -2.45. The van der Waals surface area contributed by atoms with E-state index in [1.807, 2.05) is 17.5 Å². The van der Waals surface area contributed by atoms with E-state index in [-0.39, 0.29) is 21.5 Å². The smallest absolute Gasteiger partial charge is 0.341 e. The molecule has 0 spiro atoms. The molecule has 0 unspecified atom stereocenters. The minimum atomic E-state index is -0.657. The van der Waals surface area contributed by atoms with E-state index in [1.165, 1.54) is 17.4 Å². The second-order valence-electron chi connectivity index (χ2n) is 5.42. The van der Waals surface area contributed by atoms with E-state index in [2.05, 4.69) is 5.32 Å². The van der Waals surface area contributed by atoms with Gasteiger partial charge in [0.05, 0.1) is 16.5 Å². The number of primary amides is 1. The molecule has 0 saturated heterocycles. The second-order valence-corrected chi connectivity index (χ2v) is 7.42. The summed E-state index contributed by atoms with van der Waals surface area (Å²) in [4.78, 5) is 37.2. The van der Waals surface area contributed by atoms with Gasteiger partial charge < -0.3 is 15.8 Å². The van der Waals surface area contributed by atoms with Crippen molar-refractivity contribution in [3.05, 3.63) is 44.5 Å². The van der Waals surface area contributed by atoms with Crippen LogP contribution in [-0.2, 0) is 9.53 Å². The molecule has 2 aromatic heterocycles. The van der Waals surface area contributed by atoms with Gasteiger partial charge in [0.2, 0.25) is 5.91 Å². The summed E-state index contributed by atoms with van der Waals surface area (Å²) < 4.78 is 5.20. The predicted molar refractivity (Wildman–Crippen MR) is 100 cm³/mol. The average Bonchev–Trinajstić information content (AvgIpc) is 3.12. The molecule has 2 rings (SSSR count). The van der Waals surface area contributed by atoms with Crippen molar-refractivity contribution in [3.63, 3.8) is 0 Å². The third kappa shape index (κ3) is 4.77. The summed E-state index contributed by atoms with van der Waals surface area (Å²) in [6, 6.07) is 3.75. The number of anilines is 1. The van der Waals surface area contributed by atoms with Gasteiger partial charge in [-0.25, -0.2) is 4.79 Å². The zero-order valence-electron chi connectivity index (χ0n) is 14.0. The lowest BCUT2D eigenvalue weighted by Gasteiger charge is -2.09. The molecule has 2 heterocycles. The van der Waals surface area contributed by atoms with Crippen LogP contribution in [0.3, 0.4) is 0 Å². The lowest BCUT2D eigenvalue weighted by Crippen LogP contribution is -2.16. The van der Waals surface area contributed by atoms with Crippen molar-refractivity contribution in [2.75, 3.05) is 5.32 Å². The van der Waals surface area contributed by atoms with Crippen LogP contribution in [0.4, 0.5) is 5.00 Å². The Labute approximate surface area is 153 Å². The van der Waals surface area contributed by atoms with Gasteiger partial charge in [-0.2, -0.15) is 0 Å². The van der Waals surface area contributed by atoms with Gasteiger partial charge in [0.15, 0.2) is 0 Å². The van der Waals surface area contributed by atoms with E-state index in [0.29, 0.717) is 5.56 Å². The Morgan fingerprint density at radius 2 is 2.04 bits per heavy atom. The minimum absolute atomic E-state index is 0.158. The van der Waals surface area contributed by atoms with Crippen molar-refractivity contribution in [1.82, 2.24) is 0 Å². The fraction of sp³-hybridized carbons (Fsp3) is 0.235. The maximum Gasteiger partial charge on any atom is 0.341 e. The van der Waals surface area contributed by atoms with Crippen molar-refractivity contribution in [2.45, 2.75) is 26.9 Å². The van der Waals surface area contributed by atoms with Gasteiger partial charge in [0, 0.05) is 11.0 Å². The number of esters is 1. The summed E-state index contributed by atoms with van der Waals surface area (Å²) >= 11 is 2.46. The summed E-state index contributed by atoms with van der Waals surface area (Å²) in [5, 5.41) is 4.78. The van der Waals surface area contributed by atoms with Gasteiger partial charge in [-0.1, -0.05) is 6.07 Å². The fourth-order valence-corrected chi connectivity index (χ4v) is 3.72. The van der Waals surface area contributed by atoms with Crippen LogP contribution in [0, 0.1) is 6.92 Å². The number of carbonyl (C=O) groups excluding carboxylic acids is 3. The first-order chi connectivity index (χ1) is 11.8. The van der Waals surface area contributed by atoms with Crippen LogP contribution in [0.25, 0.3) is 6.08 Å². The van der Waals surface area contributed by atoms with E-state index >= 15 is 0 Å². The SMILES string of the molecule is Cc1c(C(N)=O)sc(NC(=O)/C=C\c2cccs2)c1C(=O)OC(C)C. The Morgan fingerprint density at radius 3 is 2.60 bits per heavy atom. The highest BCUT2D eigenvalue weighted by Gasteiger charge is 2.26. The largest absolute Gasteiger partial charge is 0.459 e. The number of hydrogen-bond donors (Lipinski definition) is 2. The maximum atomic E-state index is 12.3. The third-order valence-corrected chi connectivity index (χ3v) is 5.16. The number of carbonyl (C=O) groups is 3. The first-order valence-electron chi connectivity index (χ1n) is 7.46. The molecule has 0 fully saturated rings. The predicted octanol–water partition coefficient (Wildman–Crippen LogP) is 3.43. The number of ether oxygens (including phenoxy) is 1. The summed E-state index contributed by atoms with van der Waals surface area (Å²) in [6.07, 6.45) is 2.70. The number of nitrogens with two attached hydrogens (primary N) is 1. The molecule has 132 valence electrons. The van der Waals surface area contributed by atoms with Crippen molar-refractivity contribution in [2.24, 2.45) is 5.73 Å². The van der Waals surface area contributed by atoms with Crippen molar-refractivity contribution in [3.8, 4) is 0 Å². The first kappa shape index (κ1) is 18.9. The van der Waals surface area contributed by atoms with E-state index in [4.69, 9.17) is 10.5 Å². The van der Waals surface area contributed by atoms with Crippen molar-refractivity contribution < 1.29 is 19.1 Å². The van der Waals surface area contributed by atoms with Crippen LogP contribution in [-0.4, -0.2) is 23.9 Å². The quantitative estimate of drug-likeness (QED) is 0.594. The van der Waals surface area contributed by atoms with E-state index in [0.717, 1.165) is 16.2 Å².